The van der Waals surface area contributed by atoms with Crippen LogP contribution < -0.4 is 15.0 Å². The van der Waals surface area contributed by atoms with E-state index < -0.39 is 5.82 Å². The minimum Gasteiger partial charge on any atom is -0.508 e. The fourth-order valence-electron chi connectivity index (χ4n) is 6.81. The molecule has 4 atom stereocenters. The Morgan fingerprint density at radius 2 is 1.80 bits per heavy atom. The SMILES string of the molecule is CN(C)[C@H]1CC[C@@H](Oc2nc(N3CC4CCC(C3)N4)c3cc(Cl)c(-c4cc(O)cc5ccccc45)c(F)c3n2)C1. The lowest BCUT2D eigenvalue weighted by molar-refractivity contribution is 0.179. The van der Waals surface area contributed by atoms with Crippen molar-refractivity contribution in [3.63, 3.8) is 0 Å². The Morgan fingerprint density at radius 1 is 1.02 bits per heavy atom. The molecule has 9 heteroatoms. The topological polar surface area (TPSA) is 73.8 Å². The minimum atomic E-state index is -0.539. The maximum atomic E-state index is 16.7. The maximum Gasteiger partial charge on any atom is 0.319 e. The van der Waals surface area contributed by atoms with Crippen molar-refractivity contribution in [3.05, 3.63) is 53.3 Å². The van der Waals surface area contributed by atoms with Gasteiger partial charge in [0.25, 0.3) is 0 Å². The van der Waals surface area contributed by atoms with E-state index in [1.165, 1.54) is 0 Å². The number of ether oxygens (including phenoxy) is 1. The fourth-order valence-corrected chi connectivity index (χ4v) is 7.11. The van der Waals surface area contributed by atoms with Crippen molar-refractivity contribution in [2.45, 2.75) is 56.3 Å². The van der Waals surface area contributed by atoms with E-state index in [9.17, 15) is 5.11 Å². The van der Waals surface area contributed by atoms with Crippen molar-refractivity contribution in [2.75, 3.05) is 32.1 Å². The summed E-state index contributed by atoms with van der Waals surface area (Å²) in [6.07, 6.45) is 5.03. The lowest BCUT2D eigenvalue weighted by atomic mass is 9.96. The van der Waals surface area contributed by atoms with Gasteiger partial charge in [-0.05, 0) is 80.7 Å². The van der Waals surface area contributed by atoms with E-state index in [0.717, 1.165) is 56.0 Å². The molecule has 1 aliphatic carbocycles. The van der Waals surface area contributed by atoms with E-state index in [4.69, 9.17) is 21.3 Å². The molecule has 2 saturated heterocycles. The van der Waals surface area contributed by atoms with Crippen LogP contribution in [0.4, 0.5) is 10.2 Å². The summed E-state index contributed by atoms with van der Waals surface area (Å²) >= 11 is 6.86. The Balaban J connectivity index is 1.39. The molecule has 4 aromatic rings. The van der Waals surface area contributed by atoms with Crippen LogP contribution in [0.15, 0.2) is 42.5 Å². The molecule has 2 N–H and O–H groups in total. The summed E-state index contributed by atoms with van der Waals surface area (Å²) in [6, 6.07) is 14.0. The number of anilines is 1. The maximum absolute atomic E-state index is 16.7. The molecule has 1 saturated carbocycles. The predicted molar refractivity (Wildman–Crippen MR) is 157 cm³/mol. The smallest absolute Gasteiger partial charge is 0.319 e. The third kappa shape index (κ3) is 4.52. The molecular formula is C31H33ClFN5O2. The third-order valence-corrected chi connectivity index (χ3v) is 9.13. The molecule has 2 unspecified atom stereocenters. The Bertz CT molecular complexity index is 1600. The molecule has 3 fully saturated rings. The standard InChI is InChI=1S/C31H33ClFN5O2/c1-37(2)20-9-10-22(12-20)40-31-35-29-25(30(36-31)38-15-18-7-8-19(16-38)34-18)14-26(32)27(28(29)33)24-13-21(39)11-17-5-3-4-6-23(17)24/h3-6,11,13-14,18-20,22,34,39H,7-10,12,15-16H2,1-2H3/t18?,19?,20-,22+/m0/s1. The summed E-state index contributed by atoms with van der Waals surface area (Å²) in [4.78, 5) is 14.0. The van der Waals surface area contributed by atoms with E-state index in [1.54, 1.807) is 18.2 Å². The number of phenolic OH excluding ortho intramolecular Hbond substituents is 1. The molecule has 2 bridgehead atoms. The Hall–Kier alpha value is -3.20. The van der Waals surface area contributed by atoms with Gasteiger partial charge < -0.3 is 25.0 Å². The van der Waals surface area contributed by atoms with Gasteiger partial charge >= 0.3 is 6.01 Å². The summed E-state index contributed by atoms with van der Waals surface area (Å²) in [5.74, 6) is 0.167. The quantitative estimate of drug-likeness (QED) is 0.321. The summed E-state index contributed by atoms with van der Waals surface area (Å²) in [5.41, 5.74) is 0.915. The van der Waals surface area contributed by atoms with Crippen LogP contribution in [0, 0.1) is 5.82 Å². The first kappa shape index (κ1) is 25.7. The highest BCUT2D eigenvalue weighted by atomic mass is 35.5. The van der Waals surface area contributed by atoms with Gasteiger partial charge in [-0.2, -0.15) is 9.97 Å². The lowest BCUT2D eigenvalue weighted by Crippen LogP contribution is -2.51. The zero-order chi connectivity index (χ0) is 27.5. The van der Waals surface area contributed by atoms with Crippen LogP contribution >= 0.6 is 11.6 Å². The second-order valence-electron chi connectivity index (χ2n) is 11.7. The average molecular weight is 562 g/mol. The summed E-state index contributed by atoms with van der Waals surface area (Å²) < 4.78 is 23.1. The van der Waals surface area contributed by atoms with Crippen LogP contribution in [0.2, 0.25) is 5.02 Å². The van der Waals surface area contributed by atoms with Gasteiger partial charge in [0.15, 0.2) is 5.82 Å². The van der Waals surface area contributed by atoms with Crippen molar-refractivity contribution in [1.82, 2.24) is 20.2 Å². The fraction of sp³-hybridized carbons (Fsp3) is 0.419. The van der Waals surface area contributed by atoms with E-state index in [1.807, 2.05) is 24.3 Å². The molecule has 208 valence electrons. The van der Waals surface area contributed by atoms with Crippen LogP contribution in [0.3, 0.4) is 0 Å². The first-order valence-corrected chi connectivity index (χ1v) is 14.5. The highest BCUT2D eigenvalue weighted by Crippen LogP contribution is 2.43. The second-order valence-corrected chi connectivity index (χ2v) is 12.1. The number of hydrogen-bond donors (Lipinski definition) is 2. The third-order valence-electron chi connectivity index (χ3n) is 8.83. The zero-order valence-electron chi connectivity index (χ0n) is 22.7. The Kier molecular flexibility index (Phi) is 6.45. The Morgan fingerprint density at radius 3 is 2.55 bits per heavy atom. The van der Waals surface area contributed by atoms with Gasteiger partial charge in [-0.15, -0.1) is 0 Å². The number of aromatic hydroxyl groups is 1. The molecule has 2 aliphatic heterocycles. The van der Waals surface area contributed by atoms with Crippen LogP contribution in [-0.4, -0.2) is 71.4 Å². The molecule has 0 amide bonds. The minimum absolute atomic E-state index is 0.0262. The van der Waals surface area contributed by atoms with E-state index >= 15 is 4.39 Å². The van der Waals surface area contributed by atoms with Crippen LogP contribution in [0.1, 0.15) is 32.1 Å². The summed E-state index contributed by atoms with van der Waals surface area (Å²) in [7, 11) is 4.17. The van der Waals surface area contributed by atoms with Crippen LogP contribution in [-0.2, 0) is 0 Å². The van der Waals surface area contributed by atoms with Crippen molar-refractivity contribution < 1.29 is 14.2 Å². The number of nitrogens with zero attached hydrogens (tertiary/aromatic N) is 4. The van der Waals surface area contributed by atoms with E-state index in [-0.39, 0.29) is 34.0 Å². The Labute approximate surface area is 237 Å². The number of halogens is 2. The predicted octanol–water partition coefficient (Wildman–Crippen LogP) is 5.75. The first-order valence-electron chi connectivity index (χ1n) is 14.1. The van der Waals surface area contributed by atoms with E-state index in [2.05, 4.69) is 34.2 Å². The van der Waals surface area contributed by atoms with Gasteiger partial charge in [-0.1, -0.05) is 35.9 Å². The summed E-state index contributed by atoms with van der Waals surface area (Å²) in [6.45, 7) is 1.57. The normalized spacial score (nSPS) is 24.5. The van der Waals surface area contributed by atoms with Gasteiger partial charge in [-0.25, -0.2) is 4.39 Å². The molecule has 0 spiro atoms. The number of aromatic nitrogens is 2. The molecule has 7 nitrogen and oxygen atoms in total. The average Bonchev–Trinajstić information content (AvgIpc) is 3.54. The molecule has 3 heterocycles. The zero-order valence-corrected chi connectivity index (χ0v) is 23.5. The number of rotatable bonds is 5. The van der Waals surface area contributed by atoms with E-state index in [0.29, 0.717) is 34.9 Å². The van der Waals surface area contributed by atoms with Gasteiger partial charge in [0.05, 0.1) is 5.02 Å². The van der Waals surface area contributed by atoms with Crippen LogP contribution in [0.25, 0.3) is 32.8 Å². The number of piperazine rings is 1. The first-order chi connectivity index (χ1) is 19.3. The van der Waals surface area contributed by atoms with Crippen molar-refractivity contribution in [3.8, 4) is 22.9 Å². The van der Waals surface area contributed by atoms with Crippen molar-refractivity contribution in [1.29, 1.82) is 0 Å². The van der Waals surface area contributed by atoms with Gasteiger partial charge in [0.2, 0.25) is 0 Å². The molecular weight excluding hydrogens is 529 g/mol. The molecule has 7 rings (SSSR count). The van der Waals surface area contributed by atoms with Gasteiger partial charge in [0, 0.05) is 42.2 Å². The number of benzene rings is 3. The van der Waals surface area contributed by atoms with Gasteiger partial charge in [-0.3, -0.25) is 0 Å². The molecule has 40 heavy (non-hydrogen) atoms. The van der Waals surface area contributed by atoms with Crippen LogP contribution in [0.5, 0.6) is 11.8 Å². The molecule has 3 aliphatic rings. The van der Waals surface area contributed by atoms with Crippen molar-refractivity contribution >= 4 is 39.1 Å². The van der Waals surface area contributed by atoms with Gasteiger partial charge in [0.1, 0.15) is 23.2 Å². The number of nitrogens with one attached hydrogen (secondary N) is 1. The molecule has 0 radical (unpaired) electrons. The lowest BCUT2D eigenvalue weighted by Gasteiger charge is -2.34. The van der Waals surface area contributed by atoms with Crippen molar-refractivity contribution in [2.24, 2.45) is 0 Å². The number of hydrogen-bond acceptors (Lipinski definition) is 7. The summed E-state index contributed by atoms with van der Waals surface area (Å²) in [5, 5.41) is 16.6. The molecule has 3 aromatic carbocycles. The molecule has 1 aromatic heterocycles. The number of phenols is 1. The monoisotopic (exact) mass is 561 g/mol. The highest BCUT2D eigenvalue weighted by molar-refractivity contribution is 6.35. The highest BCUT2D eigenvalue weighted by Gasteiger charge is 2.35. The largest absolute Gasteiger partial charge is 0.508 e. The second kappa shape index (κ2) is 10.0. The number of fused-ring (bicyclic) bond motifs is 4.